The first-order valence-corrected chi connectivity index (χ1v) is 13.6. The van der Waals surface area contributed by atoms with E-state index in [0.717, 1.165) is 31.2 Å². The maximum atomic E-state index is 13.0. The molecule has 0 bridgehead atoms. The molecule has 3 rings (SSSR count). The number of hydrogen-bond acceptors (Lipinski definition) is 7. The molecule has 8 heteroatoms. The van der Waals surface area contributed by atoms with E-state index in [1.165, 1.54) is 17.3 Å². The number of thioether (sulfide) groups is 1. The highest BCUT2D eigenvalue weighted by atomic mass is 32.2. The van der Waals surface area contributed by atoms with E-state index < -0.39 is 0 Å². The molecule has 0 radical (unpaired) electrons. The SMILES string of the molecule is CCOC(=O)CCCCCN1C(=O)/C(=C/c2ccc(OCCc3ccccc3)c(OCC)c2)SC1=S. The number of benzene rings is 2. The van der Waals surface area contributed by atoms with Crippen molar-refractivity contribution in [1.82, 2.24) is 4.90 Å². The Morgan fingerprint density at radius 3 is 2.56 bits per heavy atom. The molecule has 6 nitrogen and oxygen atoms in total. The topological polar surface area (TPSA) is 65.1 Å². The summed E-state index contributed by atoms with van der Waals surface area (Å²) in [4.78, 5) is 26.6. The first kappa shape index (κ1) is 27.7. The van der Waals surface area contributed by atoms with Gasteiger partial charge in [0.05, 0.1) is 24.7 Å². The minimum atomic E-state index is -0.176. The largest absolute Gasteiger partial charge is 0.490 e. The molecule has 1 fully saturated rings. The fourth-order valence-electron chi connectivity index (χ4n) is 3.72. The van der Waals surface area contributed by atoms with E-state index in [9.17, 15) is 9.59 Å². The van der Waals surface area contributed by atoms with E-state index >= 15 is 0 Å². The van der Waals surface area contributed by atoms with Crippen LogP contribution in [-0.4, -0.2) is 47.5 Å². The van der Waals surface area contributed by atoms with Gasteiger partial charge in [-0.1, -0.05) is 66.8 Å². The minimum absolute atomic E-state index is 0.0865. The van der Waals surface area contributed by atoms with Gasteiger partial charge < -0.3 is 14.2 Å². The third kappa shape index (κ3) is 8.38. The van der Waals surface area contributed by atoms with E-state index in [-0.39, 0.29) is 11.9 Å². The number of carbonyl (C=O) groups is 2. The van der Waals surface area contributed by atoms with Crippen LogP contribution in [0.3, 0.4) is 0 Å². The summed E-state index contributed by atoms with van der Waals surface area (Å²) in [5.41, 5.74) is 2.07. The lowest BCUT2D eigenvalue weighted by Gasteiger charge is -2.14. The molecule has 0 aromatic heterocycles. The summed E-state index contributed by atoms with van der Waals surface area (Å²) >= 11 is 6.76. The van der Waals surface area contributed by atoms with Gasteiger partial charge in [-0.15, -0.1) is 0 Å². The van der Waals surface area contributed by atoms with Crippen LogP contribution in [0, 0.1) is 0 Å². The van der Waals surface area contributed by atoms with E-state index in [1.54, 1.807) is 11.8 Å². The monoisotopic (exact) mass is 527 g/mol. The van der Waals surface area contributed by atoms with E-state index in [1.807, 2.05) is 49.4 Å². The lowest BCUT2D eigenvalue weighted by atomic mass is 10.1. The fourth-order valence-corrected chi connectivity index (χ4v) is 5.03. The van der Waals surface area contributed by atoms with Gasteiger partial charge in [0.15, 0.2) is 11.5 Å². The van der Waals surface area contributed by atoms with Crippen molar-refractivity contribution in [1.29, 1.82) is 0 Å². The highest BCUT2D eigenvalue weighted by molar-refractivity contribution is 8.26. The van der Waals surface area contributed by atoms with E-state index in [4.69, 9.17) is 26.4 Å². The molecule has 0 N–H and O–H groups in total. The van der Waals surface area contributed by atoms with Gasteiger partial charge in [0, 0.05) is 19.4 Å². The lowest BCUT2D eigenvalue weighted by molar-refractivity contribution is -0.143. The summed E-state index contributed by atoms with van der Waals surface area (Å²) < 4.78 is 17.3. The van der Waals surface area contributed by atoms with Gasteiger partial charge in [-0.2, -0.15) is 0 Å². The Bertz CT molecular complexity index is 1070. The van der Waals surface area contributed by atoms with Gasteiger partial charge in [0.25, 0.3) is 5.91 Å². The third-order valence-corrected chi connectivity index (χ3v) is 6.88. The zero-order chi connectivity index (χ0) is 25.8. The number of carbonyl (C=O) groups excluding carboxylic acids is 2. The van der Waals surface area contributed by atoms with Gasteiger partial charge in [-0.05, 0) is 56.0 Å². The standard InChI is InChI=1S/C28H33NO5S2/c1-3-32-24-19-22(14-15-23(24)34-18-16-21-11-7-5-8-12-21)20-25-27(31)29(28(35)36-25)17-10-6-9-13-26(30)33-4-2/h5,7-8,11-12,14-15,19-20H,3-4,6,9-10,13,16-18H2,1-2H3/b25-20-. The maximum Gasteiger partial charge on any atom is 0.305 e. The van der Waals surface area contributed by atoms with Crippen molar-refractivity contribution in [3.8, 4) is 11.5 Å². The van der Waals surface area contributed by atoms with Gasteiger partial charge in [0.1, 0.15) is 4.32 Å². The Morgan fingerprint density at radius 2 is 1.81 bits per heavy atom. The summed E-state index contributed by atoms with van der Waals surface area (Å²) in [7, 11) is 0. The predicted octanol–water partition coefficient (Wildman–Crippen LogP) is 6.03. The highest BCUT2D eigenvalue weighted by Gasteiger charge is 2.31. The number of ether oxygens (including phenoxy) is 3. The normalized spacial score (nSPS) is 14.4. The molecule has 192 valence electrons. The van der Waals surface area contributed by atoms with Crippen LogP contribution in [0.5, 0.6) is 11.5 Å². The Morgan fingerprint density at radius 1 is 1.00 bits per heavy atom. The summed E-state index contributed by atoms with van der Waals surface area (Å²) in [6, 6.07) is 15.9. The van der Waals surface area contributed by atoms with Gasteiger partial charge >= 0.3 is 5.97 Å². The Kier molecular flexibility index (Phi) is 11.3. The number of hydrogen-bond donors (Lipinski definition) is 0. The Hall–Kier alpha value is -2.84. The summed E-state index contributed by atoms with van der Waals surface area (Å²) in [6.45, 7) is 5.73. The molecule has 0 unspecified atom stereocenters. The zero-order valence-corrected chi connectivity index (χ0v) is 22.5. The van der Waals surface area contributed by atoms with Crippen molar-refractivity contribution in [3.63, 3.8) is 0 Å². The average Bonchev–Trinajstić information content (AvgIpc) is 3.13. The molecule has 1 aliphatic heterocycles. The number of thiocarbonyl (C=S) groups is 1. The van der Waals surface area contributed by atoms with Crippen LogP contribution in [0.4, 0.5) is 0 Å². The second-order valence-electron chi connectivity index (χ2n) is 8.17. The first-order valence-electron chi connectivity index (χ1n) is 12.4. The molecule has 2 aromatic carbocycles. The van der Waals surface area contributed by atoms with Crippen molar-refractivity contribution < 1.29 is 23.8 Å². The van der Waals surface area contributed by atoms with Crippen LogP contribution >= 0.6 is 24.0 Å². The van der Waals surface area contributed by atoms with Crippen LogP contribution in [0.15, 0.2) is 53.4 Å². The van der Waals surface area contributed by atoms with Gasteiger partial charge in [-0.25, -0.2) is 0 Å². The van der Waals surface area contributed by atoms with Crippen LogP contribution in [0.25, 0.3) is 6.08 Å². The van der Waals surface area contributed by atoms with Crippen molar-refractivity contribution >= 4 is 46.3 Å². The Labute approximate surface area is 223 Å². The molecular formula is C28H33NO5S2. The molecule has 1 amide bonds. The molecule has 0 spiro atoms. The van der Waals surface area contributed by atoms with Crippen LogP contribution < -0.4 is 9.47 Å². The molecule has 36 heavy (non-hydrogen) atoms. The van der Waals surface area contributed by atoms with Gasteiger partial charge in [-0.3, -0.25) is 14.5 Å². The van der Waals surface area contributed by atoms with Gasteiger partial charge in [0.2, 0.25) is 0 Å². The van der Waals surface area contributed by atoms with Crippen LogP contribution in [0.2, 0.25) is 0 Å². The lowest BCUT2D eigenvalue weighted by Crippen LogP contribution is -2.29. The van der Waals surface area contributed by atoms with Crippen LogP contribution in [0.1, 0.15) is 50.7 Å². The average molecular weight is 528 g/mol. The molecular weight excluding hydrogens is 494 g/mol. The third-order valence-electron chi connectivity index (χ3n) is 5.50. The number of esters is 1. The summed E-state index contributed by atoms with van der Waals surface area (Å²) in [6.07, 6.45) is 5.40. The van der Waals surface area contributed by atoms with E-state index in [0.29, 0.717) is 53.5 Å². The van der Waals surface area contributed by atoms with Crippen LogP contribution in [-0.2, 0) is 20.7 Å². The van der Waals surface area contributed by atoms with E-state index in [2.05, 4.69) is 12.1 Å². The summed E-state index contributed by atoms with van der Waals surface area (Å²) in [5.74, 6) is 1.07. The molecule has 2 aromatic rings. The Balaban J connectivity index is 1.56. The smallest absolute Gasteiger partial charge is 0.305 e. The molecule has 1 heterocycles. The molecule has 1 aliphatic rings. The van der Waals surface area contributed by atoms with Crippen molar-refractivity contribution in [2.75, 3.05) is 26.4 Å². The maximum absolute atomic E-state index is 13.0. The first-order chi connectivity index (χ1) is 17.5. The molecule has 0 aliphatic carbocycles. The number of nitrogens with zero attached hydrogens (tertiary/aromatic N) is 1. The molecule has 0 atom stereocenters. The molecule has 1 saturated heterocycles. The number of amides is 1. The number of rotatable bonds is 14. The second kappa shape index (κ2) is 14.7. The second-order valence-corrected chi connectivity index (χ2v) is 9.85. The van der Waals surface area contributed by atoms with Crippen molar-refractivity contribution in [3.05, 3.63) is 64.6 Å². The number of unbranched alkanes of at least 4 members (excludes halogenated alkanes) is 2. The van der Waals surface area contributed by atoms with Crippen molar-refractivity contribution in [2.24, 2.45) is 0 Å². The quantitative estimate of drug-likeness (QED) is 0.129. The zero-order valence-electron chi connectivity index (χ0n) is 20.9. The minimum Gasteiger partial charge on any atom is -0.490 e. The molecule has 0 saturated carbocycles. The van der Waals surface area contributed by atoms with Crippen molar-refractivity contribution in [2.45, 2.75) is 46.0 Å². The fraction of sp³-hybridized carbons (Fsp3) is 0.393. The summed E-state index contributed by atoms with van der Waals surface area (Å²) in [5, 5.41) is 0. The predicted molar refractivity (Wildman–Crippen MR) is 148 cm³/mol. The highest BCUT2D eigenvalue weighted by Crippen LogP contribution is 2.35.